The maximum absolute atomic E-state index is 12.5. The zero-order valence-corrected chi connectivity index (χ0v) is 18.2. The molecule has 0 spiro atoms. The van der Waals surface area contributed by atoms with E-state index in [1.54, 1.807) is 31.4 Å². The molecule has 2 aromatic carbocycles. The van der Waals surface area contributed by atoms with Gasteiger partial charge in [0, 0.05) is 11.0 Å². The number of benzene rings is 2. The average molecular weight is 473 g/mol. The molecule has 2 aromatic rings. The largest absolute Gasteiger partial charge is 0.493 e. The van der Waals surface area contributed by atoms with Crippen molar-refractivity contribution in [3.05, 3.63) is 51.5 Å². The highest BCUT2D eigenvalue weighted by Gasteiger charge is 2.15. The van der Waals surface area contributed by atoms with Crippen LogP contribution >= 0.6 is 15.9 Å². The zero-order chi connectivity index (χ0) is 21.5. The molecule has 0 aliphatic carbocycles. The minimum Gasteiger partial charge on any atom is -0.493 e. The summed E-state index contributed by atoms with van der Waals surface area (Å²) >= 11 is 3.47. The number of halogens is 1. The molecule has 0 radical (unpaired) electrons. The van der Waals surface area contributed by atoms with Crippen LogP contribution in [0.3, 0.4) is 0 Å². The van der Waals surface area contributed by atoms with Gasteiger partial charge in [-0.1, -0.05) is 28.9 Å². The monoisotopic (exact) mass is 472 g/mol. The van der Waals surface area contributed by atoms with Crippen molar-refractivity contribution in [2.75, 3.05) is 20.5 Å². The quantitative estimate of drug-likeness (QED) is 0.457. The molecular formula is C22H21BrN2O5. The maximum Gasteiger partial charge on any atom is 0.262 e. The number of carbonyl (C=O) groups is 1. The van der Waals surface area contributed by atoms with Gasteiger partial charge in [0.1, 0.15) is 11.6 Å². The van der Waals surface area contributed by atoms with Gasteiger partial charge in [-0.15, -0.1) is 0 Å². The van der Waals surface area contributed by atoms with E-state index >= 15 is 0 Å². The van der Waals surface area contributed by atoms with Gasteiger partial charge in [-0.25, -0.2) is 0 Å². The molecule has 1 aliphatic rings. The molecular weight excluding hydrogens is 452 g/mol. The molecule has 30 heavy (non-hydrogen) atoms. The summed E-state index contributed by atoms with van der Waals surface area (Å²) in [6, 6.07) is 10.9. The van der Waals surface area contributed by atoms with Crippen molar-refractivity contribution in [2.45, 2.75) is 19.9 Å². The summed E-state index contributed by atoms with van der Waals surface area (Å²) in [6.07, 6.45) is 2.37. The average Bonchev–Trinajstić information content (AvgIpc) is 3.23. The van der Waals surface area contributed by atoms with Gasteiger partial charge in [-0.05, 0) is 47.9 Å². The Hall–Kier alpha value is -3.18. The van der Waals surface area contributed by atoms with Gasteiger partial charge in [0.2, 0.25) is 6.79 Å². The van der Waals surface area contributed by atoms with Crippen molar-refractivity contribution in [2.24, 2.45) is 0 Å². The first kappa shape index (κ1) is 21.5. The van der Waals surface area contributed by atoms with Crippen molar-refractivity contribution in [1.29, 1.82) is 5.26 Å². The summed E-state index contributed by atoms with van der Waals surface area (Å²) in [5.41, 5.74) is 1.44. The molecule has 1 aliphatic heterocycles. The first-order chi connectivity index (χ1) is 14.5. The lowest BCUT2D eigenvalue weighted by atomic mass is 10.1. The molecule has 0 fully saturated rings. The number of hydrogen-bond acceptors (Lipinski definition) is 6. The van der Waals surface area contributed by atoms with E-state index in [9.17, 15) is 10.1 Å². The highest BCUT2D eigenvalue weighted by atomic mass is 79.9. The second-order valence-electron chi connectivity index (χ2n) is 6.41. The van der Waals surface area contributed by atoms with Gasteiger partial charge in [0.05, 0.1) is 13.7 Å². The molecule has 7 nitrogen and oxygen atoms in total. The molecule has 0 unspecified atom stereocenters. The van der Waals surface area contributed by atoms with Crippen molar-refractivity contribution in [3.8, 4) is 29.1 Å². The van der Waals surface area contributed by atoms with Crippen molar-refractivity contribution in [1.82, 2.24) is 5.32 Å². The molecule has 0 bridgehead atoms. The SMILES string of the molecule is CCCOc1cc(Br)c(/C=C(\C#N)C(=O)NCc2ccc3c(c2)OCO3)cc1OC. The molecule has 0 aromatic heterocycles. The molecule has 0 saturated carbocycles. The van der Waals surface area contributed by atoms with Crippen molar-refractivity contribution in [3.63, 3.8) is 0 Å². The molecule has 1 amide bonds. The lowest BCUT2D eigenvalue weighted by molar-refractivity contribution is -0.117. The third-order valence-corrected chi connectivity index (χ3v) is 4.99. The molecule has 1 heterocycles. The van der Waals surface area contributed by atoms with Crippen LogP contribution < -0.4 is 24.3 Å². The van der Waals surface area contributed by atoms with Gasteiger partial charge >= 0.3 is 0 Å². The fourth-order valence-electron chi connectivity index (χ4n) is 2.78. The number of nitriles is 1. The lowest BCUT2D eigenvalue weighted by Gasteiger charge is -2.12. The molecule has 1 N–H and O–H groups in total. The minimum atomic E-state index is -0.479. The molecule has 3 rings (SSSR count). The van der Waals surface area contributed by atoms with E-state index in [0.29, 0.717) is 39.6 Å². The summed E-state index contributed by atoms with van der Waals surface area (Å²) in [6.45, 7) is 3.01. The third-order valence-electron chi connectivity index (χ3n) is 4.30. The number of ether oxygens (including phenoxy) is 4. The number of carbonyl (C=O) groups excluding carboxylic acids is 1. The predicted molar refractivity (Wildman–Crippen MR) is 114 cm³/mol. The van der Waals surface area contributed by atoms with Gasteiger partial charge in [0.25, 0.3) is 5.91 Å². The Bertz CT molecular complexity index is 1010. The Balaban J connectivity index is 1.74. The summed E-state index contributed by atoms with van der Waals surface area (Å²) in [4.78, 5) is 12.5. The normalized spacial score (nSPS) is 12.3. The van der Waals surface area contributed by atoms with Gasteiger partial charge in [-0.3, -0.25) is 4.79 Å². The summed E-state index contributed by atoms with van der Waals surface area (Å²) in [7, 11) is 1.54. The Morgan fingerprint density at radius 1 is 1.27 bits per heavy atom. The number of amides is 1. The highest BCUT2D eigenvalue weighted by molar-refractivity contribution is 9.10. The van der Waals surface area contributed by atoms with E-state index in [1.807, 2.05) is 19.1 Å². The standard InChI is InChI=1S/C22H21BrN2O5/c1-3-6-28-21-10-17(23)15(9-19(21)27-2)8-16(11-24)22(26)25-12-14-4-5-18-20(7-14)30-13-29-18/h4-5,7-10H,3,6,12-13H2,1-2H3,(H,25,26)/b16-8+. The predicted octanol–water partition coefficient (Wildman–Crippen LogP) is 4.20. The Morgan fingerprint density at radius 2 is 2.07 bits per heavy atom. The minimum absolute atomic E-state index is 0.0271. The summed E-state index contributed by atoms with van der Waals surface area (Å²) in [5, 5.41) is 12.2. The van der Waals surface area contributed by atoms with Crippen molar-refractivity contribution >= 4 is 27.9 Å². The van der Waals surface area contributed by atoms with Gasteiger partial charge in [0.15, 0.2) is 23.0 Å². The number of nitrogens with zero attached hydrogens (tertiary/aromatic N) is 1. The van der Waals surface area contributed by atoms with E-state index in [1.165, 1.54) is 6.08 Å². The zero-order valence-electron chi connectivity index (χ0n) is 16.7. The first-order valence-electron chi connectivity index (χ1n) is 9.34. The molecule has 0 atom stereocenters. The van der Waals surface area contributed by atoms with Crippen LogP contribution in [0.15, 0.2) is 40.4 Å². The summed E-state index contributed by atoms with van der Waals surface area (Å²) < 4.78 is 22.3. The maximum atomic E-state index is 12.5. The van der Waals surface area contributed by atoms with Crippen LogP contribution in [0.1, 0.15) is 24.5 Å². The Morgan fingerprint density at radius 3 is 2.80 bits per heavy atom. The first-order valence-corrected chi connectivity index (χ1v) is 10.1. The number of rotatable bonds is 8. The van der Waals surface area contributed by atoms with Crippen LogP contribution in [-0.4, -0.2) is 26.4 Å². The molecule has 8 heteroatoms. The Kier molecular flexibility index (Phi) is 7.20. The van der Waals surface area contributed by atoms with Crippen LogP contribution in [0.25, 0.3) is 6.08 Å². The number of methoxy groups -OCH3 is 1. The summed E-state index contributed by atoms with van der Waals surface area (Å²) in [5.74, 6) is 1.95. The van der Waals surface area contributed by atoms with Crippen LogP contribution in [0.5, 0.6) is 23.0 Å². The van der Waals surface area contributed by atoms with E-state index in [-0.39, 0.29) is 18.9 Å². The topological polar surface area (TPSA) is 89.8 Å². The van der Waals surface area contributed by atoms with E-state index in [0.717, 1.165) is 12.0 Å². The van der Waals surface area contributed by atoms with Gasteiger partial charge in [-0.2, -0.15) is 5.26 Å². The van der Waals surface area contributed by atoms with Crippen LogP contribution in [0, 0.1) is 11.3 Å². The Labute approximate surface area is 183 Å². The van der Waals surface area contributed by atoms with E-state index in [4.69, 9.17) is 18.9 Å². The number of fused-ring (bicyclic) bond motifs is 1. The molecule has 0 saturated heterocycles. The fraction of sp³-hybridized carbons (Fsp3) is 0.273. The number of nitrogens with one attached hydrogen (secondary N) is 1. The van der Waals surface area contributed by atoms with Crippen LogP contribution in [-0.2, 0) is 11.3 Å². The number of hydrogen-bond donors (Lipinski definition) is 1. The van der Waals surface area contributed by atoms with Crippen LogP contribution in [0.4, 0.5) is 0 Å². The second kappa shape index (κ2) is 10.0. The van der Waals surface area contributed by atoms with Gasteiger partial charge < -0.3 is 24.3 Å². The second-order valence-corrected chi connectivity index (χ2v) is 7.27. The van der Waals surface area contributed by atoms with E-state index < -0.39 is 5.91 Å². The fourth-order valence-corrected chi connectivity index (χ4v) is 3.22. The smallest absolute Gasteiger partial charge is 0.262 e. The van der Waals surface area contributed by atoms with E-state index in [2.05, 4.69) is 21.2 Å². The third kappa shape index (κ3) is 5.05. The lowest BCUT2D eigenvalue weighted by Crippen LogP contribution is -2.23. The molecule has 156 valence electrons. The van der Waals surface area contributed by atoms with Crippen molar-refractivity contribution < 1.29 is 23.7 Å². The van der Waals surface area contributed by atoms with Crippen LogP contribution in [0.2, 0.25) is 0 Å². The highest BCUT2D eigenvalue weighted by Crippen LogP contribution is 2.35.